The van der Waals surface area contributed by atoms with Crippen molar-refractivity contribution >= 4 is 27.9 Å². The van der Waals surface area contributed by atoms with Crippen LogP contribution >= 0.6 is 0 Å². The number of amides is 3. The van der Waals surface area contributed by atoms with Crippen LogP contribution in [0.5, 0.6) is 5.75 Å². The largest absolute Gasteiger partial charge is 0.508 e. The first-order valence-corrected chi connectivity index (χ1v) is 11.8. The molecule has 0 aliphatic carbocycles. The predicted molar refractivity (Wildman–Crippen MR) is 120 cm³/mol. The summed E-state index contributed by atoms with van der Waals surface area (Å²) in [7, 11) is -4.81. The normalized spacial score (nSPS) is 16.5. The molecule has 12 heteroatoms. The number of benzene rings is 2. The maximum Gasteiger partial charge on any atom is 0.308 e. The third-order valence-corrected chi connectivity index (χ3v) is 6.28. The summed E-state index contributed by atoms with van der Waals surface area (Å²) in [5.74, 6) is -2.86. The number of nitrogens with zero attached hydrogens (tertiary/aromatic N) is 3. The molecule has 1 aliphatic rings. The van der Waals surface area contributed by atoms with E-state index < -0.39 is 40.0 Å². The molecule has 0 aromatic heterocycles. The fourth-order valence-electron chi connectivity index (χ4n) is 3.75. The second-order valence-corrected chi connectivity index (χ2v) is 9.20. The van der Waals surface area contributed by atoms with Gasteiger partial charge in [-0.2, -0.15) is 18.0 Å². The van der Waals surface area contributed by atoms with E-state index in [4.69, 9.17) is 16.1 Å². The molecular weight excluding hydrogens is 462 g/mol. The van der Waals surface area contributed by atoms with Gasteiger partial charge in [-0.1, -0.05) is 12.1 Å². The number of hydrogen-bond donors (Lipinski definition) is 3. The molecule has 0 radical (unpaired) electrons. The van der Waals surface area contributed by atoms with Crippen LogP contribution in [0.15, 0.2) is 48.5 Å². The van der Waals surface area contributed by atoms with Crippen LogP contribution < -0.4 is 10.9 Å². The van der Waals surface area contributed by atoms with Crippen LogP contribution in [0.25, 0.3) is 0 Å². The quantitative estimate of drug-likeness (QED) is 0.476. The minimum Gasteiger partial charge on any atom is -0.508 e. The zero-order valence-electron chi connectivity index (χ0n) is 18.0. The summed E-state index contributed by atoms with van der Waals surface area (Å²) in [6.07, 6.45) is 0.653. The molecule has 3 amide bonds. The minimum atomic E-state index is -4.81. The van der Waals surface area contributed by atoms with Crippen LogP contribution in [0.1, 0.15) is 34.3 Å². The molecule has 1 heterocycles. The summed E-state index contributed by atoms with van der Waals surface area (Å²) in [6, 6.07) is 10.7. The van der Waals surface area contributed by atoms with Gasteiger partial charge in [-0.3, -0.25) is 14.4 Å². The van der Waals surface area contributed by atoms with Gasteiger partial charge in [0.2, 0.25) is 5.91 Å². The number of phenols is 1. The van der Waals surface area contributed by atoms with Gasteiger partial charge in [-0.15, -0.1) is 0 Å². The van der Waals surface area contributed by atoms with E-state index in [2.05, 4.69) is 0 Å². The fourth-order valence-corrected chi connectivity index (χ4v) is 4.46. The third-order valence-electron chi connectivity index (χ3n) is 5.43. The average Bonchev–Trinajstić information content (AvgIpc) is 3.29. The molecule has 2 aromatic rings. The van der Waals surface area contributed by atoms with Gasteiger partial charge in [0.1, 0.15) is 11.8 Å². The number of rotatable bonds is 6. The van der Waals surface area contributed by atoms with E-state index in [-0.39, 0.29) is 40.6 Å². The van der Waals surface area contributed by atoms with Gasteiger partial charge in [-0.05, 0) is 61.2 Å². The molecule has 11 nitrogen and oxygen atoms in total. The standard InChI is InChI=1S/C22H23N5O6S/c23-13-15-3-7-16(8-4-15)20(29)27(34(25,32)33)22(31)19-2-1-11-26(19)21(30)18(24)12-14-5-9-17(28)10-6-14/h3-10,18-19,28H,1-2,11-12,24H2,(H2,25,32,33)/t18-,19+/m1/s1. The lowest BCUT2D eigenvalue weighted by Gasteiger charge is -2.29. The Balaban J connectivity index is 1.82. The van der Waals surface area contributed by atoms with Crippen LogP contribution in [0.2, 0.25) is 0 Å². The van der Waals surface area contributed by atoms with E-state index in [0.717, 1.165) is 4.90 Å². The maximum absolute atomic E-state index is 13.2. The predicted octanol–water partition coefficient (Wildman–Crippen LogP) is -0.00282. The molecule has 1 fully saturated rings. The molecule has 0 bridgehead atoms. The lowest BCUT2D eigenvalue weighted by Crippen LogP contribution is -2.56. The molecule has 5 N–H and O–H groups in total. The monoisotopic (exact) mass is 485 g/mol. The average molecular weight is 486 g/mol. The van der Waals surface area contributed by atoms with Crippen molar-refractivity contribution in [3.63, 3.8) is 0 Å². The Morgan fingerprint density at radius 1 is 1.15 bits per heavy atom. The molecular formula is C22H23N5O6S. The highest BCUT2D eigenvalue weighted by Gasteiger charge is 2.43. The number of likely N-dealkylation sites (tertiary alicyclic amines) is 1. The Morgan fingerprint density at radius 3 is 2.32 bits per heavy atom. The third kappa shape index (κ3) is 5.40. The molecule has 2 atom stereocenters. The Kier molecular flexibility index (Phi) is 7.31. The van der Waals surface area contributed by atoms with Gasteiger partial charge in [0, 0.05) is 12.1 Å². The molecule has 3 rings (SSSR count). The lowest BCUT2D eigenvalue weighted by atomic mass is 10.0. The molecule has 34 heavy (non-hydrogen) atoms. The van der Waals surface area contributed by atoms with Gasteiger partial charge >= 0.3 is 10.2 Å². The van der Waals surface area contributed by atoms with Crippen molar-refractivity contribution < 1.29 is 27.9 Å². The highest BCUT2D eigenvalue weighted by Crippen LogP contribution is 2.23. The van der Waals surface area contributed by atoms with E-state index in [1.807, 2.05) is 6.07 Å². The second-order valence-electron chi connectivity index (χ2n) is 7.81. The van der Waals surface area contributed by atoms with Crippen molar-refractivity contribution in [3.05, 3.63) is 65.2 Å². The summed E-state index contributed by atoms with van der Waals surface area (Å²) < 4.78 is 24.4. The van der Waals surface area contributed by atoms with Gasteiger partial charge in [0.25, 0.3) is 11.8 Å². The van der Waals surface area contributed by atoms with E-state index in [1.54, 1.807) is 12.1 Å². The van der Waals surface area contributed by atoms with Gasteiger partial charge in [0.05, 0.1) is 17.7 Å². The van der Waals surface area contributed by atoms with Crippen molar-refractivity contribution in [3.8, 4) is 11.8 Å². The van der Waals surface area contributed by atoms with Crippen LogP contribution in [-0.2, 0) is 26.2 Å². The number of nitrogens with two attached hydrogens (primary N) is 2. The zero-order valence-corrected chi connectivity index (χ0v) is 18.8. The van der Waals surface area contributed by atoms with Crippen LogP contribution in [-0.4, -0.2) is 59.1 Å². The van der Waals surface area contributed by atoms with Crippen LogP contribution in [0.3, 0.4) is 0 Å². The molecule has 0 saturated carbocycles. The van der Waals surface area contributed by atoms with E-state index >= 15 is 0 Å². The van der Waals surface area contributed by atoms with Crippen molar-refractivity contribution in [2.75, 3.05) is 6.54 Å². The second kappa shape index (κ2) is 10.0. The van der Waals surface area contributed by atoms with Gasteiger partial charge in [-0.25, -0.2) is 5.14 Å². The first-order valence-electron chi connectivity index (χ1n) is 10.3. The van der Waals surface area contributed by atoms with Crippen molar-refractivity contribution in [2.45, 2.75) is 31.3 Å². The first-order chi connectivity index (χ1) is 16.0. The number of carbonyl (C=O) groups is 3. The Morgan fingerprint density at radius 2 is 1.76 bits per heavy atom. The molecule has 1 aliphatic heterocycles. The number of hydrogen-bond acceptors (Lipinski definition) is 8. The SMILES string of the molecule is N#Cc1ccc(C(=O)N(C(=O)[C@@H]2CCCN2C(=O)[C@H](N)Cc2ccc(O)cc2)S(N)(=O)=O)cc1. The molecule has 178 valence electrons. The highest BCUT2D eigenvalue weighted by molar-refractivity contribution is 7.88. The number of phenolic OH excluding ortho intramolecular Hbond substituents is 1. The first kappa shape index (κ1) is 24.8. The topological polar surface area (TPSA) is 188 Å². The van der Waals surface area contributed by atoms with Gasteiger partial charge in [0.15, 0.2) is 0 Å². The molecule has 2 aromatic carbocycles. The molecule has 0 unspecified atom stereocenters. The Labute approximate surface area is 196 Å². The number of imide groups is 1. The van der Waals surface area contributed by atoms with Crippen molar-refractivity contribution in [2.24, 2.45) is 10.9 Å². The minimum absolute atomic E-state index is 0.0455. The summed E-state index contributed by atoms with van der Waals surface area (Å²) in [6.45, 7) is 0.155. The maximum atomic E-state index is 13.2. The summed E-state index contributed by atoms with van der Waals surface area (Å²) >= 11 is 0. The van der Waals surface area contributed by atoms with Gasteiger partial charge < -0.3 is 15.7 Å². The van der Waals surface area contributed by atoms with Crippen LogP contribution in [0.4, 0.5) is 0 Å². The van der Waals surface area contributed by atoms with E-state index in [0.29, 0.717) is 12.0 Å². The molecule has 1 saturated heterocycles. The molecule has 0 spiro atoms. The fraction of sp³-hybridized carbons (Fsp3) is 0.273. The highest BCUT2D eigenvalue weighted by atomic mass is 32.2. The zero-order chi connectivity index (χ0) is 25.0. The van der Waals surface area contributed by atoms with Crippen molar-refractivity contribution in [1.29, 1.82) is 5.26 Å². The van der Waals surface area contributed by atoms with E-state index in [1.165, 1.54) is 36.4 Å². The smallest absolute Gasteiger partial charge is 0.308 e. The van der Waals surface area contributed by atoms with E-state index in [9.17, 15) is 27.9 Å². The number of carbonyl (C=O) groups excluding carboxylic acids is 3. The lowest BCUT2D eigenvalue weighted by molar-refractivity contribution is -0.141. The Bertz CT molecular complexity index is 1240. The van der Waals surface area contributed by atoms with Crippen LogP contribution in [0, 0.1) is 11.3 Å². The van der Waals surface area contributed by atoms with Crippen molar-refractivity contribution in [1.82, 2.24) is 9.21 Å². The summed E-state index contributed by atoms with van der Waals surface area (Å²) in [4.78, 5) is 40.2. The summed E-state index contributed by atoms with van der Waals surface area (Å²) in [5, 5.41) is 23.5. The Hall–Kier alpha value is -3.79. The number of nitriles is 1. The summed E-state index contributed by atoms with van der Waals surface area (Å²) in [5.41, 5.74) is 6.81. The number of aromatic hydroxyl groups is 1.